The molecule has 1 aliphatic heterocycles. The summed E-state index contributed by atoms with van der Waals surface area (Å²) in [5.74, 6) is 0. The van der Waals surface area contributed by atoms with Crippen molar-refractivity contribution in [3.8, 4) is 11.3 Å². The van der Waals surface area contributed by atoms with Gasteiger partial charge in [-0.1, -0.05) is 30.3 Å². The molecule has 23 heavy (non-hydrogen) atoms. The molecule has 0 unspecified atom stereocenters. The molecule has 4 rings (SSSR count). The molecule has 0 aliphatic carbocycles. The van der Waals surface area contributed by atoms with Crippen molar-refractivity contribution in [1.82, 2.24) is 9.36 Å². The van der Waals surface area contributed by atoms with Crippen molar-refractivity contribution < 1.29 is 4.74 Å². The predicted molar refractivity (Wildman–Crippen MR) is 95.1 cm³/mol. The van der Waals surface area contributed by atoms with Gasteiger partial charge < -0.3 is 9.64 Å². The molecular weight excluding hydrogens is 306 g/mol. The first-order chi connectivity index (χ1) is 11.2. The van der Waals surface area contributed by atoms with Crippen molar-refractivity contribution in [2.75, 3.05) is 18.0 Å². The van der Waals surface area contributed by atoms with Gasteiger partial charge >= 0.3 is 0 Å². The summed E-state index contributed by atoms with van der Waals surface area (Å²) in [5, 5.41) is 1.15. The van der Waals surface area contributed by atoms with Gasteiger partial charge in [-0.3, -0.25) is 0 Å². The normalized spacial score (nSPS) is 21.7. The average Bonchev–Trinajstić information content (AvgIpc) is 2.98. The summed E-state index contributed by atoms with van der Waals surface area (Å²) < 4.78 is 10.4. The van der Waals surface area contributed by atoms with Gasteiger partial charge in [0.2, 0.25) is 0 Å². The number of nitrogens with zero attached hydrogens (tertiary/aromatic N) is 3. The third-order valence-electron chi connectivity index (χ3n) is 4.08. The molecule has 1 fully saturated rings. The lowest BCUT2D eigenvalue weighted by molar-refractivity contribution is -0.00494. The molecule has 4 nitrogen and oxygen atoms in total. The maximum Gasteiger partial charge on any atom is 0.138 e. The van der Waals surface area contributed by atoms with E-state index in [9.17, 15) is 0 Å². The van der Waals surface area contributed by atoms with Gasteiger partial charge in [0.15, 0.2) is 0 Å². The van der Waals surface area contributed by atoms with Crippen LogP contribution in [0.4, 0.5) is 5.00 Å². The molecule has 0 spiro atoms. The highest BCUT2D eigenvalue weighted by Gasteiger charge is 2.25. The number of hydrogen-bond donors (Lipinski definition) is 0. The molecule has 2 atom stereocenters. The second-order valence-corrected chi connectivity index (χ2v) is 6.83. The number of aromatic nitrogens is 2. The molecule has 0 amide bonds. The Balaban J connectivity index is 1.76. The van der Waals surface area contributed by atoms with E-state index in [2.05, 4.69) is 41.3 Å². The standard InChI is InChI=1S/C18H19N3OS/c1-12-10-21(11-13(2)22-12)18-17-16(20-23-18)9-8-15(19-17)14-6-4-3-5-7-14/h3-9,12-13H,10-11H2,1-2H3/t12-,13+. The zero-order valence-electron chi connectivity index (χ0n) is 13.3. The quantitative estimate of drug-likeness (QED) is 0.714. The summed E-state index contributed by atoms with van der Waals surface area (Å²) >= 11 is 1.54. The third kappa shape index (κ3) is 2.82. The molecule has 0 N–H and O–H groups in total. The first-order valence-electron chi connectivity index (χ1n) is 7.93. The maximum atomic E-state index is 5.84. The highest BCUT2D eigenvalue weighted by atomic mass is 32.1. The Kier molecular flexibility index (Phi) is 3.75. The number of benzene rings is 1. The van der Waals surface area contributed by atoms with Crippen LogP contribution in [0, 0.1) is 0 Å². The molecular formula is C18H19N3OS. The van der Waals surface area contributed by atoms with Crippen LogP contribution >= 0.6 is 11.5 Å². The Labute approximate surface area is 139 Å². The van der Waals surface area contributed by atoms with E-state index in [0.29, 0.717) is 0 Å². The summed E-state index contributed by atoms with van der Waals surface area (Å²) in [7, 11) is 0. The van der Waals surface area contributed by atoms with E-state index in [-0.39, 0.29) is 12.2 Å². The molecule has 3 aromatic rings. The van der Waals surface area contributed by atoms with Crippen LogP contribution in [0.3, 0.4) is 0 Å². The number of ether oxygens (including phenoxy) is 1. The fourth-order valence-electron chi connectivity index (χ4n) is 3.14. The van der Waals surface area contributed by atoms with Gasteiger partial charge in [-0.25, -0.2) is 4.98 Å². The molecule has 1 aromatic carbocycles. The molecule has 118 valence electrons. The first kappa shape index (κ1) is 14.6. The van der Waals surface area contributed by atoms with Crippen molar-refractivity contribution in [3.63, 3.8) is 0 Å². The SMILES string of the molecule is C[C@@H]1CN(c2snc3ccc(-c4ccccc4)nc23)C[C@H](C)O1. The molecule has 0 saturated carbocycles. The lowest BCUT2D eigenvalue weighted by Gasteiger charge is -2.35. The molecule has 1 saturated heterocycles. The van der Waals surface area contributed by atoms with Gasteiger partial charge in [0.1, 0.15) is 16.0 Å². The van der Waals surface area contributed by atoms with Crippen LogP contribution < -0.4 is 4.90 Å². The second kappa shape index (κ2) is 5.91. The summed E-state index contributed by atoms with van der Waals surface area (Å²) in [6, 6.07) is 14.4. The van der Waals surface area contributed by atoms with E-state index < -0.39 is 0 Å². The van der Waals surface area contributed by atoms with Crippen LogP contribution in [-0.4, -0.2) is 34.7 Å². The Bertz CT molecular complexity index is 808. The van der Waals surface area contributed by atoms with E-state index in [1.54, 1.807) is 0 Å². The van der Waals surface area contributed by atoms with Crippen molar-refractivity contribution in [2.45, 2.75) is 26.1 Å². The smallest absolute Gasteiger partial charge is 0.138 e. The molecule has 0 bridgehead atoms. The van der Waals surface area contributed by atoms with Crippen LogP contribution in [0.25, 0.3) is 22.3 Å². The van der Waals surface area contributed by atoms with E-state index in [1.807, 2.05) is 24.3 Å². The number of anilines is 1. The van der Waals surface area contributed by atoms with Crippen LogP contribution in [0.5, 0.6) is 0 Å². The Morgan fingerprint density at radius 1 is 1.04 bits per heavy atom. The minimum Gasteiger partial charge on any atom is -0.372 e. The van der Waals surface area contributed by atoms with Gasteiger partial charge in [-0.2, -0.15) is 4.37 Å². The Hall–Kier alpha value is -1.98. The Morgan fingerprint density at radius 3 is 2.52 bits per heavy atom. The zero-order chi connectivity index (χ0) is 15.8. The van der Waals surface area contributed by atoms with Gasteiger partial charge in [-0.15, -0.1) is 0 Å². The predicted octanol–water partition coefficient (Wildman–Crippen LogP) is 3.97. The largest absolute Gasteiger partial charge is 0.372 e. The fraction of sp³-hybridized carbons (Fsp3) is 0.333. The minimum absolute atomic E-state index is 0.230. The Morgan fingerprint density at radius 2 is 1.78 bits per heavy atom. The van der Waals surface area contributed by atoms with E-state index in [4.69, 9.17) is 9.72 Å². The highest BCUT2D eigenvalue weighted by Crippen LogP contribution is 2.33. The monoisotopic (exact) mass is 325 g/mol. The number of hydrogen-bond acceptors (Lipinski definition) is 5. The van der Waals surface area contributed by atoms with E-state index >= 15 is 0 Å². The molecule has 1 aliphatic rings. The fourth-order valence-corrected chi connectivity index (χ4v) is 3.97. The van der Waals surface area contributed by atoms with Crippen LogP contribution in [0.2, 0.25) is 0 Å². The van der Waals surface area contributed by atoms with Gasteiger partial charge in [-0.05, 0) is 37.5 Å². The van der Waals surface area contributed by atoms with E-state index in [1.165, 1.54) is 11.5 Å². The number of fused-ring (bicyclic) bond motifs is 1. The maximum absolute atomic E-state index is 5.84. The van der Waals surface area contributed by atoms with Crippen molar-refractivity contribution in [1.29, 1.82) is 0 Å². The van der Waals surface area contributed by atoms with Gasteiger partial charge in [0.25, 0.3) is 0 Å². The van der Waals surface area contributed by atoms with E-state index in [0.717, 1.165) is 40.4 Å². The highest BCUT2D eigenvalue weighted by molar-refractivity contribution is 7.11. The van der Waals surface area contributed by atoms with Gasteiger partial charge in [0.05, 0.1) is 17.9 Å². The molecule has 3 heterocycles. The molecule has 5 heteroatoms. The van der Waals surface area contributed by atoms with Crippen molar-refractivity contribution in [2.24, 2.45) is 0 Å². The van der Waals surface area contributed by atoms with Crippen LogP contribution in [0.1, 0.15) is 13.8 Å². The lowest BCUT2D eigenvalue weighted by Crippen LogP contribution is -2.45. The van der Waals surface area contributed by atoms with Crippen LogP contribution in [-0.2, 0) is 4.74 Å². The summed E-state index contributed by atoms with van der Waals surface area (Å²) in [4.78, 5) is 7.26. The summed E-state index contributed by atoms with van der Waals surface area (Å²) in [5.41, 5.74) is 4.10. The average molecular weight is 325 g/mol. The number of pyridine rings is 1. The molecule has 2 aromatic heterocycles. The number of morpholine rings is 1. The third-order valence-corrected chi connectivity index (χ3v) is 5.00. The van der Waals surface area contributed by atoms with Crippen molar-refractivity contribution >= 4 is 27.6 Å². The van der Waals surface area contributed by atoms with Crippen molar-refractivity contribution in [3.05, 3.63) is 42.5 Å². The first-order valence-corrected chi connectivity index (χ1v) is 8.70. The lowest BCUT2D eigenvalue weighted by atomic mass is 10.1. The molecule has 0 radical (unpaired) electrons. The summed E-state index contributed by atoms with van der Waals surface area (Å²) in [6.45, 7) is 6.02. The second-order valence-electron chi connectivity index (χ2n) is 6.08. The zero-order valence-corrected chi connectivity index (χ0v) is 14.1. The summed E-state index contributed by atoms with van der Waals surface area (Å²) in [6.07, 6.45) is 0.460. The van der Waals surface area contributed by atoms with Crippen LogP contribution in [0.15, 0.2) is 42.5 Å². The number of rotatable bonds is 2. The topological polar surface area (TPSA) is 38.2 Å². The minimum atomic E-state index is 0.230. The van der Waals surface area contributed by atoms with Gasteiger partial charge in [0, 0.05) is 18.7 Å².